The van der Waals surface area contributed by atoms with Gasteiger partial charge in [0.1, 0.15) is 11.5 Å². The van der Waals surface area contributed by atoms with Gasteiger partial charge in [-0.2, -0.15) is 4.98 Å². The van der Waals surface area contributed by atoms with Gasteiger partial charge in [-0.1, -0.05) is 5.16 Å². The standard InChI is InChI=1S/C15H20N4O3/c1-19-7-6-16-9-12(19)14-17-15(22-18-14)11-5-4-10(20-2)8-13(11)21-3/h4-5,8,12,16H,6-7,9H2,1-3H3. The topological polar surface area (TPSA) is 72.7 Å². The Morgan fingerprint density at radius 1 is 1.32 bits per heavy atom. The zero-order valence-electron chi connectivity index (χ0n) is 13.0. The number of benzene rings is 1. The molecule has 0 aliphatic carbocycles. The molecule has 22 heavy (non-hydrogen) atoms. The molecule has 1 aliphatic heterocycles. The van der Waals surface area contributed by atoms with Crippen molar-refractivity contribution in [2.75, 3.05) is 40.9 Å². The third-order valence-corrected chi connectivity index (χ3v) is 3.89. The normalized spacial score (nSPS) is 19.1. The largest absolute Gasteiger partial charge is 0.497 e. The van der Waals surface area contributed by atoms with Crippen LogP contribution in [0.25, 0.3) is 11.5 Å². The average molecular weight is 304 g/mol. The van der Waals surface area contributed by atoms with E-state index >= 15 is 0 Å². The molecule has 1 fully saturated rings. The monoisotopic (exact) mass is 304 g/mol. The molecule has 0 radical (unpaired) electrons. The molecule has 1 atom stereocenters. The van der Waals surface area contributed by atoms with Crippen molar-refractivity contribution in [3.8, 4) is 23.0 Å². The molecule has 1 unspecified atom stereocenters. The smallest absolute Gasteiger partial charge is 0.261 e. The Kier molecular flexibility index (Phi) is 4.26. The van der Waals surface area contributed by atoms with Gasteiger partial charge in [-0.15, -0.1) is 0 Å². The molecule has 0 spiro atoms. The molecule has 1 aromatic carbocycles. The lowest BCUT2D eigenvalue weighted by Crippen LogP contribution is -2.44. The average Bonchev–Trinajstić information content (AvgIpc) is 3.04. The number of nitrogens with one attached hydrogen (secondary N) is 1. The lowest BCUT2D eigenvalue weighted by Gasteiger charge is -2.30. The van der Waals surface area contributed by atoms with Crippen LogP contribution in [0.3, 0.4) is 0 Å². The van der Waals surface area contributed by atoms with Crippen LogP contribution in [0.1, 0.15) is 11.9 Å². The van der Waals surface area contributed by atoms with Gasteiger partial charge in [0.2, 0.25) is 0 Å². The molecule has 0 amide bonds. The number of rotatable bonds is 4. The Morgan fingerprint density at radius 2 is 2.18 bits per heavy atom. The van der Waals surface area contributed by atoms with E-state index in [1.165, 1.54) is 0 Å². The van der Waals surface area contributed by atoms with E-state index in [1.807, 2.05) is 12.1 Å². The predicted octanol–water partition coefficient (Wildman–Crippen LogP) is 1.33. The van der Waals surface area contributed by atoms with Gasteiger partial charge >= 0.3 is 0 Å². The number of piperazine rings is 1. The van der Waals surface area contributed by atoms with Crippen LogP contribution in [0.15, 0.2) is 22.7 Å². The molecule has 0 saturated carbocycles. The number of methoxy groups -OCH3 is 2. The second-order valence-electron chi connectivity index (χ2n) is 5.22. The van der Waals surface area contributed by atoms with Crippen LogP contribution in [-0.2, 0) is 0 Å². The number of hydrogen-bond acceptors (Lipinski definition) is 7. The summed E-state index contributed by atoms with van der Waals surface area (Å²) in [6.07, 6.45) is 0. The molecule has 2 aromatic rings. The van der Waals surface area contributed by atoms with Crippen LogP contribution >= 0.6 is 0 Å². The Labute approximate surface area is 129 Å². The maximum atomic E-state index is 5.43. The molecule has 3 rings (SSSR count). The number of aromatic nitrogens is 2. The fourth-order valence-electron chi connectivity index (χ4n) is 2.55. The van der Waals surface area contributed by atoms with Gasteiger partial charge in [-0.05, 0) is 19.2 Å². The predicted molar refractivity (Wildman–Crippen MR) is 81.1 cm³/mol. The fraction of sp³-hybridized carbons (Fsp3) is 0.467. The van der Waals surface area contributed by atoms with E-state index in [1.54, 1.807) is 20.3 Å². The molecule has 0 bridgehead atoms. The number of likely N-dealkylation sites (N-methyl/N-ethyl adjacent to an activating group) is 1. The van der Waals surface area contributed by atoms with Crippen molar-refractivity contribution in [3.63, 3.8) is 0 Å². The first-order chi connectivity index (χ1) is 10.7. The minimum atomic E-state index is 0.121. The maximum absolute atomic E-state index is 5.43. The van der Waals surface area contributed by atoms with Crippen LogP contribution < -0.4 is 14.8 Å². The van der Waals surface area contributed by atoms with Crippen LogP contribution in [0.4, 0.5) is 0 Å². The van der Waals surface area contributed by atoms with Crippen molar-refractivity contribution < 1.29 is 14.0 Å². The molecule has 2 heterocycles. The fourth-order valence-corrected chi connectivity index (χ4v) is 2.55. The van der Waals surface area contributed by atoms with Crippen molar-refractivity contribution in [2.45, 2.75) is 6.04 Å². The van der Waals surface area contributed by atoms with E-state index in [9.17, 15) is 0 Å². The number of nitrogens with zero attached hydrogens (tertiary/aromatic N) is 3. The van der Waals surface area contributed by atoms with Crippen molar-refractivity contribution in [1.82, 2.24) is 20.4 Å². The van der Waals surface area contributed by atoms with E-state index in [2.05, 4.69) is 27.4 Å². The molecule has 7 heteroatoms. The highest BCUT2D eigenvalue weighted by Crippen LogP contribution is 2.33. The third-order valence-electron chi connectivity index (χ3n) is 3.89. The summed E-state index contributed by atoms with van der Waals surface area (Å²) in [7, 11) is 5.29. The summed E-state index contributed by atoms with van der Waals surface area (Å²) in [5.41, 5.74) is 0.758. The highest BCUT2D eigenvalue weighted by atomic mass is 16.5. The van der Waals surface area contributed by atoms with Gasteiger partial charge in [0, 0.05) is 25.7 Å². The van der Waals surface area contributed by atoms with Gasteiger partial charge in [-0.25, -0.2) is 0 Å². The molecule has 118 valence electrons. The lowest BCUT2D eigenvalue weighted by molar-refractivity contribution is 0.190. The van der Waals surface area contributed by atoms with E-state index in [4.69, 9.17) is 14.0 Å². The lowest BCUT2D eigenvalue weighted by atomic mass is 10.1. The van der Waals surface area contributed by atoms with Crippen molar-refractivity contribution in [2.24, 2.45) is 0 Å². The van der Waals surface area contributed by atoms with E-state index in [0.717, 1.165) is 30.9 Å². The summed E-state index contributed by atoms with van der Waals surface area (Å²) in [4.78, 5) is 6.76. The second-order valence-corrected chi connectivity index (χ2v) is 5.22. The maximum Gasteiger partial charge on any atom is 0.261 e. The SMILES string of the molecule is COc1ccc(-c2nc(C3CNCCN3C)no2)c(OC)c1. The third kappa shape index (κ3) is 2.77. The molecule has 1 aliphatic rings. The van der Waals surface area contributed by atoms with Crippen LogP contribution in [-0.4, -0.2) is 55.9 Å². The summed E-state index contributed by atoms with van der Waals surface area (Å²) in [6, 6.07) is 5.62. The minimum absolute atomic E-state index is 0.121. The Bertz CT molecular complexity index is 643. The quantitative estimate of drug-likeness (QED) is 0.913. The molecule has 7 nitrogen and oxygen atoms in total. The first kappa shape index (κ1) is 14.8. The van der Waals surface area contributed by atoms with Crippen molar-refractivity contribution in [1.29, 1.82) is 0 Å². The zero-order chi connectivity index (χ0) is 15.5. The number of ether oxygens (including phenoxy) is 2. The van der Waals surface area contributed by atoms with E-state index in [0.29, 0.717) is 17.5 Å². The zero-order valence-corrected chi connectivity index (χ0v) is 13.0. The Hall–Kier alpha value is -2.12. The summed E-state index contributed by atoms with van der Waals surface area (Å²) in [6.45, 7) is 2.75. The summed E-state index contributed by atoms with van der Waals surface area (Å²) in [5.74, 6) is 2.50. The van der Waals surface area contributed by atoms with Crippen LogP contribution in [0, 0.1) is 0 Å². The molecule has 1 aromatic heterocycles. The van der Waals surface area contributed by atoms with E-state index < -0.39 is 0 Å². The van der Waals surface area contributed by atoms with Gasteiger partial charge in [0.15, 0.2) is 5.82 Å². The Balaban J connectivity index is 1.90. The highest BCUT2D eigenvalue weighted by molar-refractivity contribution is 5.64. The van der Waals surface area contributed by atoms with Gasteiger partial charge < -0.3 is 19.3 Å². The first-order valence-corrected chi connectivity index (χ1v) is 7.20. The van der Waals surface area contributed by atoms with Crippen molar-refractivity contribution >= 4 is 0 Å². The Morgan fingerprint density at radius 3 is 2.91 bits per heavy atom. The number of hydrogen-bond donors (Lipinski definition) is 1. The summed E-state index contributed by atoms with van der Waals surface area (Å²) < 4.78 is 16.0. The van der Waals surface area contributed by atoms with Crippen molar-refractivity contribution in [3.05, 3.63) is 24.0 Å². The first-order valence-electron chi connectivity index (χ1n) is 7.20. The second kappa shape index (κ2) is 6.33. The van der Waals surface area contributed by atoms with Crippen LogP contribution in [0.5, 0.6) is 11.5 Å². The highest BCUT2D eigenvalue weighted by Gasteiger charge is 2.26. The van der Waals surface area contributed by atoms with Gasteiger partial charge in [0.25, 0.3) is 5.89 Å². The molecule has 1 saturated heterocycles. The summed E-state index contributed by atoms with van der Waals surface area (Å²) >= 11 is 0. The molecular weight excluding hydrogens is 284 g/mol. The minimum Gasteiger partial charge on any atom is -0.497 e. The van der Waals surface area contributed by atoms with Gasteiger partial charge in [-0.3, -0.25) is 4.90 Å². The molecular formula is C15H20N4O3. The van der Waals surface area contributed by atoms with E-state index in [-0.39, 0.29) is 6.04 Å². The van der Waals surface area contributed by atoms with Gasteiger partial charge in [0.05, 0.1) is 25.8 Å². The van der Waals surface area contributed by atoms with Crippen LogP contribution in [0.2, 0.25) is 0 Å². The summed E-state index contributed by atoms with van der Waals surface area (Å²) in [5, 5.41) is 7.48. The molecule has 1 N–H and O–H groups in total.